The van der Waals surface area contributed by atoms with E-state index in [1.807, 2.05) is 0 Å². The molecule has 0 aromatic carbocycles. The highest BCUT2D eigenvalue weighted by atomic mass is 16.7. The van der Waals surface area contributed by atoms with Crippen molar-refractivity contribution >= 4 is 11.6 Å². The number of rotatable bonds is 1. The van der Waals surface area contributed by atoms with Gasteiger partial charge in [0.2, 0.25) is 0 Å². The molecular weight excluding hydrogens is 264 g/mol. The first kappa shape index (κ1) is 13.6. The summed E-state index contributed by atoms with van der Waals surface area (Å²) in [6.45, 7) is 2.27. The van der Waals surface area contributed by atoms with Gasteiger partial charge in [-0.05, 0) is 19.1 Å². The van der Waals surface area contributed by atoms with Gasteiger partial charge >= 0.3 is 0 Å². The van der Waals surface area contributed by atoms with Crippen LogP contribution in [0.25, 0.3) is 0 Å². The lowest BCUT2D eigenvalue weighted by Crippen LogP contribution is -2.57. The van der Waals surface area contributed by atoms with Crippen LogP contribution in [0.1, 0.15) is 19.8 Å². The molecule has 2 aliphatic carbocycles. The van der Waals surface area contributed by atoms with Crippen molar-refractivity contribution in [1.82, 2.24) is 0 Å². The summed E-state index contributed by atoms with van der Waals surface area (Å²) in [7, 11) is 0. The molecule has 0 amide bonds. The Morgan fingerprint density at radius 1 is 1.20 bits per heavy atom. The first-order valence-corrected chi connectivity index (χ1v) is 6.54. The van der Waals surface area contributed by atoms with E-state index in [0.29, 0.717) is 13.2 Å². The van der Waals surface area contributed by atoms with Gasteiger partial charge in [0.15, 0.2) is 17.4 Å². The summed E-state index contributed by atoms with van der Waals surface area (Å²) in [4.78, 5) is 23.7. The fraction of sp³-hybridized carbons (Fsp3) is 0.571. The standard InChI is InChI=1S/C14H16O6/c1-13(19-4-5-20-13)14(18)6-8-9(15)2-3-10(16)12(8)11(17)7-14/h2-3,11,17-18H,4-7H2,1H3/t11-,14-/m1/s1. The van der Waals surface area contributed by atoms with Crippen molar-refractivity contribution in [2.24, 2.45) is 0 Å². The first-order valence-electron chi connectivity index (χ1n) is 6.54. The van der Waals surface area contributed by atoms with Crippen LogP contribution < -0.4 is 0 Å². The lowest BCUT2D eigenvalue weighted by Gasteiger charge is -2.45. The van der Waals surface area contributed by atoms with Crippen LogP contribution in [0.2, 0.25) is 0 Å². The third-order valence-electron chi connectivity index (χ3n) is 4.29. The lowest BCUT2D eigenvalue weighted by atomic mass is 9.71. The second-order valence-corrected chi connectivity index (χ2v) is 5.52. The van der Waals surface area contributed by atoms with E-state index in [9.17, 15) is 19.8 Å². The first-order chi connectivity index (χ1) is 9.36. The van der Waals surface area contributed by atoms with Gasteiger partial charge in [-0.15, -0.1) is 0 Å². The van der Waals surface area contributed by atoms with Gasteiger partial charge in [-0.1, -0.05) is 0 Å². The number of carbonyl (C=O) groups excluding carboxylic acids is 2. The van der Waals surface area contributed by atoms with Gasteiger partial charge in [-0.25, -0.2) is 0 Å². The molecule has 0 bridgehead atoms. The summed E-state index contributed by atoms with van der Waals surface area (Å²) in [5, 5.41) is 21.0. The van der Waals surface area contributed by atoms with Crippen molar-refractivity contribution in [2.45, 2.75) is 37.3 Å². The average Bonchev–Trinajstić information content (AvgIpc) is 2.82. The second-order valence-electron chi connectivity index (χ2n) is 5.52. The van der Waals surface area contributed by atoms with Crippen LogP contribution in [0.5, 0.6) is 0 Å². The van der Waals surface area contributed by atoms with Crippen molar-refractivity contribution < 1.29 is 29.3 Å². The van der Waals surface area contributed by atoms with Crippen molar-refractivity contribution in [3.8, 4) is 0 Å². The van der Waals surface area contributed by atoms with Crippen LogP contribution in [-0.2, 0) is 19.1 Å². The van der Waals surface area contributed by atoms with Crippen LogP contribution in [0.15, 0.2) is 23.3 Å². The van der Waals surface area contributed by atoms with E-state index < -0.39 is 17.5 Å². The highest BCUT2D eigenvalue weighted by Crippen LogP contribution is 2.45. The molecule has 6 nitrogen and oxygen atoms in total. The molecule has 2 N–H and O–H groups in total. The average molecular weight is 280 g/mol. The largest absolute Gasteiger partial charge is 0.388 e. The van der Waals surface area contributed by atoms with Gasteiger partial charge in [0.25, 0.3) is 0 Å². The zero-order chi connectivity index (χ0) is 14.5. The van der Waals surface area contributed by atoms with Crippen LogP contribution in [0.3, 0.4) is 0 Å². The summed E-state index contributed by atoms with van der Waals surface area (Å²) in [6.07, 6.45) is 0.951. The molecule has 0 aromatic rings. The maximum Gasteiger partial charge on any atom is 0.195 e. The molecular formula is C14H16O6. The Balaban J connectivity index is 2.01. The predicted octanol–water partition coefficient (Wildman–Crippen LogP) is -0.360. The molecule has 0 saturated carbocycles. The summed E-state index contributed by atoms with van der Waals surface area (Å²) >= 11 is 0. The SMILES string of the molecule is CC1([C@@]2(O)CC3=C(C(=O)C=CC3=O)[C@H](O)C2)OCCO1. The summed E-state index contributed by atoms with van der Waals surface area (Å²) in [6, 6.07) is 0. The summed E-state index contributed by atoms with van der Waals surface area (Å²) in [5.41, 5.74) is -1.30. The molecule has 1 aliphatic heterocycles. The molecule has 0 spiro atoms. The summed E-state index contributed by atoms with van der Waals surface area (Å²) in [5.74, 6) is -2.03. The van der Waals surface area contributed by atoms with E-state index in [4.69, 9.17) is 9.47 Å². The maximum absolute atomic E-state index is 11.9. The number of hydrogen-bond acceptors (Lipinski definition) is 6. The smallest absolute Gasteiger partial charge is 0.195 e. The topological polar surface area (TPSA) is 93.1 Å². The molecule has 3 rings (SSSR count). The molecule has 108 valence electrons. The molecule has 2 atom stereocenters. The van der Waals surface area contributed by atoms with Crippen molar-refractivity contribution in [2.75, 3.05) is 13.2 Å². The predicted molar refractivity (Wildman–Crippen MR) is 66.7 cm³/mol. The van der Waals surface area contributed by atoms with E-state index in [0.717, 1.165) is 6.08 Å². The Kier molecular flexibility index (Phi) is 2.95. The molecule has 0 aromatic heterocycles. The number of aliphatic hydroxyl groups is 2. The number of ketones is 2. The van der Waals surface area contributed by atoms with Crippen molar-refractivity contribution in [3.05, 3.63) is 23.3 Å². The normalized spacial score (nSPS) is 36.5. The van der Waals surface area contributed by atoms with Crippen LogP contribution in [-0.4, -0.2) is 52.5 Å². The highest BCUT2D eigenvalue weighted by Gasteiger charge is 2.56. The number of carbonyl (C=O) groups is 2. The quantitative estimate of drug-likeness (QED) is 0.637. The Labute approximate surface area is 115 Å². The van der Waals surface area contributed by atoms with Crippen molar-refractivity contribution in [3.63, 3.8) is 0 Å². The van der Waals surface area contributed by atoms with Gasteiger partial charge in [0.1, 0.15) is 5.60 Å². The number of ether oxygens (including phenoxy) is 2. The molecule has 6 heteroatoms. The molecule has 20 heavy (non-hydrogen) atoms. The van der Waals surface area contributed by atoms with E-state index in [2.05, 4.69) is 0 Å². The molecule has 0 radical (unpaired) electrons. The zero-order valence-corrected chi connectivity index (χ0v) is 11.1. The maximum atomic E-state index is 11.9. The Morgan fingerprint density at radius 2 is 1.80 bits per heavy atom. The Morgan fingerprint density at radius 3 is 2.45 bits per heavy atom. The second kappa shape index (κ2) is 4.33. The molecule has 1 heterocycles. The fourth-order valence-corrected chi connectivity index (χ4v) is 3.09. The fourth-order valence-electron chi connectivity index (χ4n) is 3.09. The third kappa shape index (κ3) is 1.80. The van der Waals surface area contributed by atoms with Gasteiger partial charge in [0.05, 0.1) is 19.3 Å². The number of hydrogen-bond donors (Lipinski definition) is 2. The van der Waals surface area contributed by atoms with Gasteiger partial charge < -0.3 is 19.7 Å². The van der Waals surface area contributed by atoms with E-state index in [-0.39, 0.29) is 35.6 Å². The number of aliphatic hydroxyl groups excluding tert-OH is 1. The Bertz CT molecular complexity index is 540. The van der Waals surface area contributed by atoms with E-state index >= 15 is 0 Å². The minimum Gasteiger partial charge on any atom is -0.388 e. The van der Waals surface area contributed by atoms with Crippen molar-refractivity contribution in [1.29, 1.82) is 0 Å². The van der Waals surface area contributed by atoms with Gasteiger partial charge in [0, 0.05) is 24.0 Å². The number of allylic oxidation sites excluding steroid dienone is 2. The zero-order valence-electron chi connectivity index (χ0n) is 11.1. The van der Waals surface area contributed by atoms with E-state index in [1.54, 1.807) is 6.92 Å². The van der Waals surface area contributed by atoms with Crippen LogP contribution in [0, 0.1) is 0 Å². The van der Waals surface area contributed by atoms with E-state index in [1.165, 1.54) is 6.08 Å². The molecule has 3 aliphatic rings. The highest BCUT2D eigenvalue weighted by molar-refractivity contribution is 6.20. The van der Waals surface area contributed by atoms with Crippen LogP contribution >= 0.6 is 0 Å². The summed E-state index contributed by atoms with van der Waals surface area (Å²) < 4.78 is 10.9. The minimum atomic E-state index is -1.54. The van der Waals surface area contributed by atoms with Gasteiger partial charge in [-0.2, -0.15) is 0 Å². The molecule has 0 unspecified atom stereocenters. The molecule has 1 fully saturated rings. The Hall–Kier alpha value is -1.34. The monoisotopic (exact) mass is 280 g/mol. The minimum absolute atomic E-state index is 0.0647. The van der Waals surface area contributed by atoms with Gasteiger partial charge in [-0.3, -0.25) is 9.59 Å². The third-order valence-corrected chi connectivity index (χ3v) is 4.29. The molecule has 1 saturated heterocycles. The lowest BCUT2D eigenvalue weighted by molar-refractivity contribution is -0.266. The van der Waals surface area contributed by atoms with Crippen LogP contribution in [0.4, 0.5) is 0 Å².